The fraction of sp³-hybridized carbons (Fsp3) is 0.273. The Balaban J connectivity index is 1.87. The molecule has 1 heterocycles. The molecule has 3 nitrogen and oxygen atoms in total. The van der Waals surface area contributed by atoms with E-state index in [1.807, 2.05) is 24.3 Å². The number of benzene rings is 2. The Labute approximate surface area is 159 Å². The van der Waals surface area contributed by atoms with Crippen LogP contribution in [0.1, 0.15) is 43.4 Å². The predicted octanol–water partition coefficient (Wildman–Crippen LogP) is 5.61. The fourth-order valence-electron chi connectivity index (χ4n) is 2.80. The second kappa shape index (κ2) is 7.92. The fourth-order valence-corrected chi connectivity index (χ4v) is 3.78. The lowest BCUT2D eigenvalue weighted by atomic mass is 10.0. The second-order valence-corrected chi connectivity index (χ2v) is 7.68. The first-order valence-corrected chi connectivity index (χ1v) is 9.75. The molecule has 0 spiro atoms. The van der Waals surface area contributed by atoms with Gasteiger partial charge in [0.2, 0.25) is 0 Å². The molecule has 1 fully saturated rings. The zero-order valence-electron chi connectivity index (χ0n) is 15.7. The number of amides is 1. The molecular formula is C22H24N2OS. The number of thioether (sulfide) groups is 1. The monoisotopic (exact) mass is 364 g/mol. The van der Waals surface area contributed by atoms with Gasteiger partial charge in [0.1, 0.15) is 0 Å². The van der Waals surface area contributed by atoms with Crippen LogP contribution in [0.25, 0.3) is 6.08 Å². The van der Waals surface area contributed by atoms with Gasteiger partial charge in [0.25, 0.3) is 5.91 Å². The van der Waals surface area contributed by atoms with Gasteiger partial charge in [-0.25, -0.2) is 4.99 Å². The highest BCUT2D eigenvalue weighted by molar-refractivity contribution is 8.18. The Kier molecular flexibility index (Phi) is 5.62. The average molecular weight is 365 g/mol. The number of aryl methyl sites for hydroxylation is 1. The van der Waals surface area contributed by atoms with E-state index in [2.05, 4.69) is 51.1 Å². The van der Waals surface area contributed by atoms with Crippen molar-refractivity contribution in [2.45, 2.75) is 33.1 Å². The lowest BCUT2D eigenvalue weighted by Crippen LogP contribution is -2.23. The largest absolute Gasteiger partial charge is 0.290 e. The molecule has 1 aliphatic rings. The van der Waals surface area contributed by atoms with E-state index in [4.69, 9.17) is 4.99 Å². The van der Waals surface area contributed by atoms with E-state index in [-0.39, 0.29) is 5.91 Å². The van der Waals surface area contributed by atoms with E-state index in [0.29, 0.717) is 10.8 Å². The van der Waals surface area contributed by atoms with Crippen molar-refractivity contribution in [3.8, 4) is 0 Å². The highest BCUT2D eigenvalue weighted by Crippen LogP contribution is 2.34. The van der Waals surface area contributed by atoms with Crippen molar-refractivity contribution in [2.24, 2.45) is 4.99 Å². The van der Waals surface area contributed by atoms with E-state index in [9.17, 15) is 4.79 Å². The van der Waals surface area contributed by atoms with Crippen LogP contribution < -0.4 is 0 Å². The number of para-hydroxylation sites is 1. The molecular weight excluding hydrogens is 340 g/mol. The van der Waals surface area contributed by atoms with Crippen LogP contribution in [0.5, 0.6) is 0 Å². The standard InChI is InChI=1S/C22H24N2OS/c1-5-17-8-6-7-9-19(17)23-22-24(4)21(25)20(26-22)14-16-10-12-18(13-11-16)15(2)3/h6-15H,5H2,1-4H3/b20-14+,23-22?. The van der Waals surface area contributed by atoms with Gasteiger partial charge in [0, 0.05) is 7.05 Å². The molecule has 0 unspecified atom stereocenters. The minimum atomic E-state index is -0.00401. The summed E-state index contributed by atoms with van der Waals surface area (Å²) in [6, 6.07) is 16.5. The van der Waals surface area contributed by atoms with Gasteiger partial charge < -0.3 is 0 Å². The summed E-state index contributed by atoms with van der Waals surface area (Å²) in [5.74, 6) is 0.498. The number of likely N-dealkylation sites (N-methyl/N-ethyl adjacent to an activating group) is 1. The van der Waals surface area contributed by atoms with Gasteiger partial charge in [0.15, 0.2) is 5.17 Å². The summed E-state index contributed by atoms with van der Waals surface area (Å²) in [7, 11) is 1.78. The first kappa shape index (κ1) is 18.5. The van der Waals surface area contributed by atoms with Crippen molar-refractivity contribution in [1.82, 2.24) is 4.90 Å². The van der Waals surface area contributed by atoms with Crippen molar-refractivity contribution in [1.29, 1.82) is 0 Å². The van der Waals surface area contributed by atoms with Crippen molar-refractivity contribution in [3.05, 3.63) is 70.1 Å². The Morgan fingerprint density at radius 1 is 1.12 bits per heavy atom. The highest BCUT2D eigenvalue weighted by atomic mass is 32.2. The van der Waals surface area contributed by atoms with Crippen LogP contribution in [0, 0.1) is 0 Å². The summed E-state index contributed by atoms with van der Waals surface area (Å²) < 4.78 is 0. The Bertz CT molecular complexity index is 866. The summed E-state index contributed by atoms with van der Waals surface area (Å²) in [6.45, 7) is 6.47. The minimum Gasteiger partial charge on any atom is -0.290 e. The molecule has 0 aliphatic carbocycles. The summed E-state index contributed by atoms with van der Waals surface area (Å²) in [5.41, 5.74) is 4.45. The van der Waals surface area contributed by atoms with Gasteiger partial charge >= 0.3 is 0 Å². The van der Waals surface area contributed by atoms with Gasteiger partial charge in [-0.05, 0) is 52.9 Å². The first-order valence-electron chi connectivity index (χ1n) is 8.93. The maximum atomic E-state index is 12.6. The van der Waals surface area contributed by atoms with Crippen LogP contribution in [0.2, 0.25) is 0 Å². The first-order chi connectivity index (χ1) is 12.5. The molecule has 134 valence electrons. The third-order valence-corrected chi connectivity index (χ3v) is 5.55. The number of aliphatic imine (C=N–C) groups is 1. The predicted molar refractivity (Wildman–Crippen MR) is 112 cm³/mol. The summed E-state index contributed by atoms with van der Waals surface area (Å²) in [5, 5.41) is 0.723. The molecule has 0 radical (unpaired) electrons. The summed E-state index contributed by atoms with van der Waals surface area (Å²) in [4.78, 5) is 19.7. The quantitative estimate of drug-likeness (QED) is 0.661. The molecule has 1 amide bonds. The normalized spacial score (nSPS) is 17.7. The third-order valence-electron chi connectivity index (χ3n) is 4.49. The van der Waals surface area contributed by atoms with Crippen LogP contribution in [-0.2, 0) is 11.2 Å². The smallest absolute Gasteiger partial charge is 0.266 e. The SMILES string of the molecule is CCc1ccccc1N=C1S/C(=C/c2ccc(C(C)C)cc2)C(=O)N1C. The van der Waals surface area contributed by atoms with E-state index >= 15 is 0 Å². The molecule has 0 atom stereocenters. The van der Waals surface area contributed by atoms with Crippen LogP contribution in [0.15, 0.2) is 58.4 Å². The van der Waals surface area contributed by atoms with Crippen molar-refractivity contribution in [2.75, 3.05) is 7.05 Å². The highest BCUT2D eigenvalue weighted by Gasteiger charge is 2.30. The number of carbonyl (C=O) groups excluding carboxylic acids is 1. The van der Waals surface area contributed by atoms with E-state index in [1.54, 1.807) is 11.9 Å². The molecule has 4 heteroatoms. The van der Waals surface area contributed by atoms with Crippen LogP contribution >= 0.6 is 11.8 Å². The van der Waals surface area contributed by atoms with Gasteiger partial charge in [-0.15, -0.1) is 0 Å². The van der Waals surface area contributed by atoms with Crippen LogP contribution in [-0.4, -0.2) is 23.0 Å². The van der Waals surface area contributed by atoms with E-state index in [1.165, 1.54) is 22.9 Å². The number of hydrogen-bond donors (Lipinski definition) is 0. The molecule has 26 heavy (non-hydrogen) atoms. The van der Waals surface area contributed by atoms with Gasteiger partial charge in [-0.2, -0.15) is 0 Å². The Morgan fingerprint density at radius 2 is 1.81 bits per heavy atom. The number of rotatable bonds is 4. The van der Waals surface area contributed by atoms with Gasteiger partial charge in [-0.3, -0.25) is 9.69 Å². The number of carbonyl (C=O) groups is 1. The number of hydrogen-bond acceptors (Lipinski definition) is 3. The lowest BCUT2D eigenvalue weighted by molar-refractivity contribution is -0.121. The average Bonchev–Trinajstić information content (AvgIpc) is 2.90. The van der Waals surface area contributed by atoms with Gasteiger partial charge in [0.05, 0.1) is 10.6 Å². The van der Waals surface area contributed by atoms with Crippen molar-refractivity contribution < 1.29 is 4.79 Å². The molecule has 1 aliphatic heterocycles. The topological polar surface area (TPSA) is 32.7 Å². The zero-order valence-corrected chi connectivity index (χ0v) is 16.5. The number of amidine groups is 1. The van der Waals surface area contributed by atoms with E-state index in [0.717, 1.165) is 22.8 Å². The zero-order chi connectivity index (χ0) is 18.7. The van der Waals surface area contributed by atoms with Gasteiger partial charge in [-0.1, -0.05) is 63.2 Å². The molecule has 2 aromatic rings. The second-order valence-electron chi connectivity index (χ2n) is 6.67. The maximum absolute atomic E-state index is 12.6. The third kappa shape index (κ3) is 3.91. The number of nitrogens with zero attached hydrogens (tertiary/aromatic N) is 2. The lowest BCUT2D eigenvalue weighted by Gasteiger charge is -2.08. The van der Waals surface area contributed by atoms with E-state index < -0.39 is 0 Å². The van der Waals surface area contributed by atoms with Crippen molar-refractivity contribution in [3.63, 3.8) is 0 Å². The summed E-state index contributed by atoms with van der Waals surface area (Å²) >= 11 is 1.43. The molecule has 0 aromatic heterocycles. The van der Waals surface area contributed by atoms with Crippen molar-refractivity contribution >= 4 is 34.6 Å². The Hall–Kier alpha value is -2.33. The van der Waals surface area contributed by atoms with Crippen LogP contribution in [0.3, 0.4) is 0 Å². The molecule has 3 rings (SSSR count). The van der Waals surface area contributed by atoms with Crippen LogP contribution in [0.4, 0.5) is 5.69 Å². The Morgan fingerprint density at radius 3 is 2.46 bits per heavy atom. The molecule has 2 aromatic carbocycles. The molecule has 1 saturated heterocycles. The minimum absolute atomic E-state index is 0.00401. The molecule has 0 bridgehead atoms. The summed E-state index contributed by atoms with van der Waals surface area (Å²) in [6.07, 6.45) is 2.86. The molecule has 0 N–H and O–H groups in total. The maximum Gasteiger partial charge on any atom is 0.266 e. The molecule has 0 saturated carbocycles.